The molecule has 2 N–H and O–H groups in total. The summed E-state index contributed by atoms with van der Waals surface area (Å²) in [5, 5.41) is 0. The van der Waals surface area contributed by atoms with E-state index in [0.717, 1.165) is 22.3 Å². The molecular weight excluding hydrogens is 439 g/mol. The van der Waals surface area contributed by atoms with E-state index in [4.69, 9.17) is 4.52 Å². The van der Waals surface area contributed by atoms with Crippen LogP contribution in [0.25, 0.3) is 0 Å². The maximum absolute atomic E-state index is 10.2. The van der Waals surface area contributed by atoms with Gasteiger partial charge in [-0.1, -0.05) is 119 Å². The smallest absolute Gasteiger partial charge is 0.328 e. The van der Waals surface area contributed by atoms with Crippen molar-refractivity contribution in [2.45, 2.75) is 117 Å². The molecule has 0 aliphatic rings. The summed E-state index contributed by atoms with van der Waals surface area (Å²) < 4.78 is 6.11. The zero-order chi connectivity index (χ0) is 26.5. The topological polar surface area (TPSA) is 49.7 Å². The van der Waals surface area contributed by atoms with Crippen LogP contribution in [0.4, 0.5) is 0 Å². The first-order valence-corrected chi connectivity index (χ1v) is 13.4. The Bertz CT molecular complexity index is 934. The lowest BCUT2D eigenvalue weighted by atomic mass is 9.70. The van der Waals surface area contributed by atoms with Crippen LogP contribution in [0.15, 0.2) is 36.4 Å². The van der Waals surface area contributed by atoms with Crippen molar-refractivity contribution < 1.29 is 14.3 Å². The van der Waals surface area contributed by atoms with E-state index < -0.39 is 14.2 Å². The molecule has 34 heavy (non-hydrogen) atoms. The molecule has 0 aliphatic heterocycles. The molecule has 0 heterocycles. The van der Waals surface area contributed by atoms with Crippen LogP contribution in [0, 0.1) is 0 Å². The highest BCUT2D eigenvalue weighted by atomic mass is 31.2. The highest BCUT2D eigenvalue weighted by Gasteiger charge is 2.41. The quantitative estimate of drug-likeness (QED) is 0.427. The van der Waals surface area contributed by atoms with Crippen molar-refractivity contribution in [3.8, 4) is 0 Å². The molecule has 0 amide bonds. The van der Waals surface area contributed by atoms with Crippen molar-refractivity contribution in [1.82, 2.24) is 0 Å². The molecule has 3 nitrogen and oxygen atoms in total. The fraction of sp³-hybridized carbons (Fsp3) is 0.600. The van der Waals surface area contributed by atoms with Gasteiger partial charge in [0.1, 0.15) is 5.60 Å². The maximum Gasteiger partial charge on any atom is 0.328 e. The molecule has 0 atom stereocenters. The predicted octanol–water partition coefficient (Wildman–Crippen LogP) is 8.37. The molecule has 0 aliphatic carbocycles. The van der Waals surface area contributed by atoms with Crippen molar-refractivity contribution in [1.29, 1.82) is 0 Å². The Labute approximate surface area is 210 Å². The highest BCUT2D eigenvalue weighted by Crippen LogP contribution is 2.50. The lowest BCUT2D eigenvalue weighted by molar-refractivity contribution is 0.106. The summed E-state index contributed by atoms with van der Waals surface area (Å²) in [4.78, 5) is 20.3. The largest absolute Gasteiger partial charge is 0.328 e. The molecule has 0 radical (unpaired) electrons. The van der Waals surface area contributed by atoms with Gasteiger partial charge in [-0.2, -0.15) is 0 Å². The Morgan fingerprint density at radius 3 is 1.06 bits per heavy atom. The van der Waals surface area contributed by atoms with E-state index in [1.807, 2.05) is 6.92 Å². The third kappa shape index (κ3) is 6.30. The third-order valence-electron chi connectivity index (χ3n) is 6.68. The van der Waals surface area contributed by atoms with Crippen LogP contribution in [-0.2, 0) is 31.8 Å². The van der Waals surface area contributed by atoms with Gasteiger partial charge >= 0.3 is 8.60 Å². The van der Waals surface area contributed by atoms with Gasteiger partial charge in [0.05, 0.1) is 0 Å². The highest BCUT2D eigenvalue weighted by molar-refractivity contribution is 7.39. The van der Waals surface area contributed by atoms with E-state index in [0.29, 0.717) is 0 Å². The molecular formula is C30H47O3P. The molecule has 4 heteroatoms. The monoisotopic (exact) mass is 486 g/mol. The van der Waals surface area contributed by atoms with E-state index in [9.17, 15) is 9.79 Å². The van der Waals surface area contributed by atoms with E-state index in [2.05, 4.69) is 119 Å². The van der Waals surface area contributed by atoms with Gasteiger partial charge in [0.15, 0.2) is 0 Å². The van der Waals surface area contributed by atoms with Gasteiger partial charge in [-0.25, -0.2) is 0 Å². The van der Waals surface area contributed by atoms with Crippen molar-refractivity contribution in [3.05, 3.63) is 69.8 Å². The minimum absolute atomic E-state index is 0.00128. The second kappa shape index (κ2) is 9.32. The molecule has 0 spiro atoms. The molecule has 0 bridgehead atoms. The first-order chi connectivity index (χ1) is 15.1. The Kier molecular flexibility index (Phi) is 7.95. The van der Waals surface area contributed by atoms with Gasteiger partial charge in [-0.15, -0.1) is 0 Å². The third-order valence-corrected chi connectivity index (χ3v) is 7.21. The molecule has 190 valence electrons. The van der Waals surface area contributed by atoms with Crippen molar-refractivity contribution >= 4 is 8.60 Å². The molecule has 0 unspecified atom stereocenters. The summed E-state index contributed by atoms with van der Waals surface area (Å²) in [6.07, 6.45) is 0. The number of benzene rings is 2. The zero-order valence-corrected chi connectivity index (χ0v) is 24.6. The summed E-state index contributed by atoms with van der Waals surface area (Å²) >= 11 is 0. The van der Waals surface area contributed by atoms with Crippen LogP contribution in [0.3, 0.4) is 0 Å². The van der Waals surface area contributed by atoms with E-state index in [1.165, 1.54) is 11.1 Å². The Morgan fingerprint density at radius 2 is 0.824 bits per heavy atom. The molecule has 2 aromatic carbocycles. The summed E-state index contributed by atoms with van der Waals surface area (Å²) in [6, 6.07) is 13.1. The molecule has 2 aromatic rings. The van der Waals surface area contributed by atoms with Crippen LogP contribution >= 0.6 is 8.60 Å². The molecule has 0 saturated heterocycles. The fourth-order valence-corrected chi connectivity index (χ4v) is 5.02. The van der Waals surface area contributed by atoms with E-state index >= 15 is 0 Å². The van der Waals surface area contributed by atoms with Crippen molar-refractivity contribution in [3.63, 3.8) is 0 Å². The normalized spacial score (nSPS) is 14.1. The average Bonchev–Trinajstić information content (AvgIpc) is 2.63. The molecule has 2 rings (SSSR count). The van der Waals surface area contributed by atoms with Gasteiger partial charge in [0.25, 0.3) is 0 Å². The van der Waals surface area contributed by atoms with Gasteiger partial charge in [0, 0.05) is 0 Å². The predicted molar refractivity (Wildman–Crippen MR) is 147 cm³/mol. The lowest BCUT2D eigenvalue weighted by Gasteiger charge is -2.40. The summed E-state index contributed by atoms with van der Waals surface area (Å²) in [5.74, 6) is 0. The number of hydrogen-bond acceptors (Lipinski definition) is 3. The summed E-state index contributed by atoms with van der Waals surface area (Å²) in [5.41, 5.74) is 5.38. The molecule has 0 fully saturated rings. The SMILES string of the molecule is CC(C)(C)c1ccc(C(C)(OP(O)O)c2ccc(C(C)(C)C)cc2C(C)(C)C)c(C(C)(C)C)c1. The van der Waals surface area contributed by atoms with Gasteiger partial charge in [0.2, 0.25) is 0 Å². The maximum atomic E-state index is 10.2. The minimum Gasteiger partial charge on any atom is -0.328 e. The fourth-order valence-electron chi connectivity index (χ4n) is 4.50. The standard InChI is InChI=1S/C30H47O3P/c1-26(2,3)20-14-16-22(24(18-20)28(7,8)9)30(13,33-34(31)32)23-17-15-21(27(4,5)6)19-25(23)29(10,11)12/h14-19,31-32H,1-13H3. The van der Waals surface area contributed by atoms with Crippen molar-refractivity contribution in [2.24, 2.45) is 0 Å². The van der Waals surface area contributed by atoms with Crippen molar-refractivity contribution in [2.75, 3.05) is 0 Å². The van der Waals surface area contributed by atoms with E-state index in [1.54, 1.807) is 0 Å². The van der Waals surface area contributed by atoms with Crippen LogP contribution in [0.5, 0.6) is 0 Å². The zero-order valence-electron chi connectivity index (χ0n) is 23.7. The Morgan fingerprint density at radius 1 is 0.500 bits per heavy atom. The second-order valence-electron chi connectivity index (χ2n) is 13.9. The number of rotatable bonds is 4. The van der Waals surface area contributed by atoms with Crippen LogP contribution in [-0.4, -0.2) is 9.79 Å². The molecule has 0 aromatic heterocycles. The molecule has 0 saturated carbocycles. The second-order valence-corrected chi connectivity index (χ2v) is 14.6. The van der Waals surface area contributed by atoms with Crippen LogP contribution < -0.4 is 0 Å². The van der Waals surface area contributed by atoms with Gasteiger partial charge in [-0.05, 0) is 62.0 Å². The minimum atomic E-state index is -2.59. The van der Waals surface area contributed by atoms with E-state index in [-0.39, 0.29) is 21.7 Å². The van der Waals surface area contributed by atoms with Crippen LogP contribution in [0.1, 0.15) is 123 Å². The van der Waals surface area contributed by atoms with Crippen LogP contribution in [0.2, 0.25) is 0 Å². The Balaban J connectivity index is 2.99. The first kappa shape index (κ1) is 29.0. The first-order valence-electron chi connectivity index (χ1n) is 12.3. The lowest BCUT2D eigenvalue weighted by Crippen LogP contribution is -2.34. The van der Waals surface area contributed by atoms with Gasteiger partial charge < -0.3 is 9.79 Å². The number of hydrogen-bond donors (Lipinski definition) is 2. The Hall–Kier alpha value is -1.25. The summed E-state index contributed by atoms with van der Waals surface area (Å²) in [6.45, 7) is 28.5. The van der Waals surface area contributed by atoms with Gasteiger partial charge in [-0.3, -0.25) is 4.52 Å². The summed E-state index contributed by atoms with van der Waals surface area (Å²) in [7, 11) is -2.59. The average molecular weight is 487 g/mol.